The molecule has 1 atom stereocenters. The van der Waals surface area contributed by atoms with Gasteiger partial charge in [-0.3, -0.25) is 4.79 Å². The lowest BCUT2D eigenvalue weighted by atomic mass is 10.4. The smallest absolute Gasteiger partial charge is 0.237 e. The van der Waals surface area contributed by atoms with E-state index in [1.807, 2.05) is 0 Å². The van der Waals surface area contributed by atoms with Gasteiger partial charge in [-0.05, 0) is 13.0 Å². The van der Waals surface area contributed by atoms with E-state index in [9.17, 15) is 13.2 Å². The summed E-state index contributed by atoms with van der Waals surface area (Å²) in [5, 5.41) is 2.61. The van der Waals surface area contributed by atoms with Gasteiger partial charge in [0.25, 0.3) is 0 Å². The third-order valence-corrected chi connectivity index (χ3v) is 4.97. The van der Waals surface area contributed by atoms with E-state index in [0.29, 0.717) is 13.0 Å². The van der Waals surface area contributed by atoms with Crippen LogP contribution in [0.5, 0.6) is 0 Å². The number of hydrogen-bond donors (Lipinski definition) is 1. The summed E-state index contributed by atoms with van der Waals surface area (Å²) in [5.41, 5.74) is 0. The van der Waals surface area contributed by atoms with Crippen LogP contribution in [-0.4, -0.2) is 69.6 Å². The van der Waals surface area contributed by atoms with Crippen molar-refractivity contribution in [2.75, 3.05) is 40.8 Å². The third kappa shape index (κ3) is 2.93. The van der Waals surface area contributed by atoms with E-state index in [0.717, 1.165) is 10.8 Å². The number of carbonyl (C=O) groups excluding carboxylic acids is 1. The van der Waals surface area contributed by atoms with Gasteiger partial charge in [-0.2, -0.15) is 4.31 Å². The number of sulfonamides is 1. The second kappa shape index (κ2) is 5.11. The molecule has 0 spiro atoms. The molecule has 1 saturated heterocycles. The first kappa shape index (κ1) is 13.4. The molecule has 0 aromatic rings. The van der Waals surface area contributed by atoms with E-state index < -0.39 is 15.3 Å². The monoisotopic (exact) mass is 249 g/mol. The summed E-state index contributed by atoms with van der Waals surface area (Å²) in [5.74, 6) is -0.211. The summed E-state index contributed by atoms with van der Waals surface area (Å²) in [4.78, 5) is 12.8. The van der Waals surface area contributed by atoms with Crippen molar-refractivity contribution in [3.8, 4) is 0 Å². The predicted octanol–water partition coefficient (Wildman–Crippen LogP) is -1.30. The molecule has 0 aliphatic carbocycles. The van der Waals surface area contributed by atoms with Crippen molar-refractivity contribution in [2.24, 2.45) is 0 Å². The van der Waals surface area contributed by atoms with Crippen molar-refractivity contribution >= 4 is 15.9 Å². The Kier molecular flexibility index (Phi) is 4.28. The molecule has 1 rings (SSSR count). The van der Waals surface area contributed by atoms with Crippen LogP contribution >= 0.6 is 0 Å². The SMILES string of the molecule is CN(C)C(=O)CN(C)S(=O)(=O)C1CCNC1. The van der Waals surface area contributed by atoms with Gasteiger partial charge >= 0.3 is 0 Å². The van der Waals surface area contributed by atoms with Gasteiger partial charge in [0.15, 0.2) is 0 Å². The highest BCUT2D eigenvalue weighted by Crippen LogP contribution is 2.13. The summed E-state index contributed by atoms with van der Waals surface area (Å²) in [6, 6.07) is 0. The average molecular weight is 249 g/mol. The quantitative estimate of drug-likeness (QED) is 0.672. The Morgan fingerprint density at radius 1 is 1.38 bits per heavy atom. The van der Waals surface area contributed by atoms with Crippen molar-refractivity contribution in [2.45, 2.75) is 11.7 Å². The van der Waals surface area contributed by atoms with Crippen LogP contribution in [0.25, 0.3) is 0 Å². The van der Waals surface area contributed by atoms with Gasteiger partial charge < -0.3 is 10.2 Å². The Labute approximate surface area is 96.6 Å². The molecule has 0 aromatic heterocycles. The Bertz CT molecular complexity index is 347. The largest absolute Gasteiger partial charge is 0.348 e. The fourth-order valence-corrected chi connectivity index (χ4v) is 3.10. The van der Waals surface area contributed by atoms with Gasteiger partial charge in [-0.25, -0.2) is 8.42 Å². The fourth-order valence-electron chi connectivity index (χ4n) is 1.56. The lowest BCUT2D eigenvalue weighted by Gasteiger charge is -2.22. The summed E-state index contributed by atoms with van der Waals surface area (Å²) in [7, 11) is 1.33. The number of hydrogen-bond acceptors (Lipinski definition) is 4. The number of rotatable bonds is 4. The second-order valence-electron chi connectivity index (χ2n) is 4.20. The molecule has 16 heavy (non-hydrogen) atoms. The van der Waals surface area contributed by atoms with Gasteiger partial charge in [0.05, 0.1) is 11.8 Å². The summed E-state index contributed by atoms with van der Waals surface area (Å²) in [6.07, 6.45) is 0.614. The van der Waals surface area contributed by atoms with Gasteiger partial charge in [0.1, 0.15) is 0 Å². The van der Waals surface area contributed by atoms with E-state index in [-0.39, 0.29) is 12.5 Å². The van der Waals surface area contributed by atoms with Gasteiger partial charge in [0, 0.05) is 27.7 Å². The maximum Gasteiger partial charge on any atom is 0.237 e. The number of nitrogens with one attached hydrogen (secondary N) is 1. The Balaban J connectivity index is 2.65. The first-order chi connectivity index (χ1) is 7.35. The van der Waals surface area contributed by atoms with Crippen LogP contribution < -0.4 is 5.32 Å². The minimum absolute atomic E-state index is 0.0914. The van der Waals surface area contributed by atoms with Crippen LogP contribution in [0.4, 0.5) is 0 Å². The first-order valence-corrected chi connectivity index (χ1v) is 6.72. The highest BCUT2D eigenvalue weighted by Gasteiger charge is 2.33. The highest BCUT2D eigenvalue weighted by atomic mass is 32.2. The van der Waals surface area contributed by atoms with Crippen LogP contribution in [0.15, 0.2) is 0 Å². The summed E-state index contributed by atoms with van der Waals surface area (Å²) >= 11 is 0. The maximum atomic E-state index is 12.0. The average Bonchev–Trinajstić information content (AvgIpc) is 2.70. The molecule has 1 aliphatic rings. The zero-order valence-corrected chi connectivity index (χ0v) is 10.7. The molecule has 0 aromatic carbocycles. The molecule has 0 saturated carbocycles. The van der Waals surface area contributed by atoms with E-state index in [1.54, 1.807) is 14.1 Å². The predicted molar refractivity (Wildman–Crippen MR) is 61.5 cm³/mol. The lowest BCUT2D eigenvalue weighted by molar-refractivity contribution is -0.128. The zero-order chi connectivity index (χ0) is 12.3. The van der Waals surface area contributed by atoms with E-state index in [4.69, 9.17) is 0 Å². The molecule has 0 radical (unpaired) electrons. The van der Waals surface area contributed by atoms with Crippen molar-refractivity contribution in [3.05, 3.63) is 0 Å². The minimum Gasteiger partial charge on any atom is -0.348 e. The third-order valence-electron chi connectivity index (χ3n) is 2.73. The van der Waals surface area contributed by atoms with Gasteiger partial charge in [-0.15, -0.1) is 0 Å². The Morgan fingerprint density at radius 3 is 2.44 bits per heavy atom. The molecule has 0 bridgehead atoms. The first-order valence-electron chi connectivity index (χ1n) is 5.21. The van der Waals surface area contributed by atoms with Crippen LogP contribution in [0, 0.1) is 0 Å². The zero-order valence-electron chi connectivity index (χ0n) is 9.93. The molecule has 6 nitrogen and oxygen atoms in total. The molecule has 1 fully saturated rings. The van der Waals surface area contributed by atoms with Gasteiger partial charge in [0.2, 0.25) is 15.9 Å². The van der Waals surface area contributed by atoms with Crippen molar-refractivity contribution in [1.82, 2.24) is 14.5 Å². The summed E-state index contributed by atoms with van der Waals surface area (Å²) in [6.45, 7) is 1.11. The van der Waals surface area contributed by atoms with Crippen molar-refractivity contribution < 1.29 is 13.2 Å². The standard InChI is InChI=1S/C9H19N3O3S/c1-11(2)9(13)7-12(3)16(14,15)8-4-5-10-6-8/h8,10H,4-7H2,1-3H3. The molecule has 1 heterocycles. The molecule has 1 aliphatic heterocycles. The molecular weight excluding hydrogens is 230 g/mol. The van der Waals surface area contributed by atoms with E-state index in [1.165, 1.54) is 11.9 Å². The highest BCUT2D eigenvalue weighted by molar-refractivity contribution is 7.89. The van der Waals surface area contributed by atoms with Crippen LogP contribution in [-0.2, 0) is 14.8 Å². The molecule has 1 N–H and O–H groups in total. The van der Waals surface area contributed by atoms with E-state index >= 15 is 0 Å². The van der Waals surface area contributed by atoms with Crippen molar-refractivity contribution in [3.63, 3.8) is 0 Å². The van der Waals surface area contributed by atoms with Crippen LogP contribution in [0.2, 0.25) is 0 Å². The minimum atomic E-state index is -3.34. The fraction of sp³-hybridized carbons (Fsp3) is 0.889. The van der Waals surface area contributed by atoms with Gasteiger partial charge in [-0.1, -0.05) is 0 Å². The van der Waals surface area contributed by atoms with Crippen LogP contribution in [0.3, 0.4) is 0 Å². The second-order valence-corrected chi connectivity index (χ2v) is 6.52. The summed E-state index contributed by atoms with van der Waals surface area (Å²) < 4.78 is 25.2. The van der Waals surface area contributed by atoms with Crippen LogP contribution in [0.1, 0.15) is 6.42 Å². The Morgan fingerprint density at radius 2 is 2.00 bits per heavy atom. The maximum absolute atomic E-state index is 12.0. The van der Waals surface area contributed by atoms with E-state index in [2.05, 4.69) is 5.32 Å². The molecular formula is C9H19N3O3S. The molecule has 1 amide bonds. The number of nitrogens with zero attached hydrogens (tertiary/aromatic N) is 2. The topological polar surface area (TPSA) is 69.7 Å². The lowest BCUT2D eigenvalue weighted by Crippen LogP contribution is -2.42. The normalized spacial score (nSPS) is 21.4. The molecule has 94 valence electrons. The number of amides is 1. The Hall–Kier alpha value is -0.660. The molecule has 1 unspecified atom stereocenters. The molecule has 7 heteroatoms. The number of likely N-dealkylation sites (N-methyl/N-ethyl adjacent to an activating group) is 2. The van der Waals surface area contributed by atoms with Crippen molar-refractivity contribution in [1.29, 1.82) is 0 Å². The number of carbonyl (C=O) groups is 1.